The summed E-state index contributed by atoms with van der Waals surface area (Å²) in [4.78, 5) is 16.4. The van der Waals surface area contributed by atoms with Crippen LogP contribution >= 0.6 is 11.6 Å². The number of benzene rings is 2. The highest BCUT2D eigenvalue weighted by atomic mass is 35.5. The molecular formula is C19H13ClN4O. The Morgan fingerprint density at radius 1 is 1.04 bits per heavy atom. The van der Waals surface area contributed by atoms with Gasteiger partial charge >= 0.3 is 0 Å². The SMILES string of the molecule is N#Cc1ccccc1Nc1cncc(C(=O)Nc2ccc(Cl)cc2)c1. The lowest BCUT2D eigenvalue weighted by Crippen LogP contribution is -2.12. The van der Waals surface area contributed by atoms with Crippen molar-refractivity contribution in [3.63, 3.8) is 0 Å². The minimum atomic E-state index is -0.285. The number of halogens is 1. The van der Waals surface area contributed by atoms with Crippen LogP contribution in [0.4, 0.5) is 17.1 Å². The largest absolute Gasteiger partial charge is 0.353 e. The normalized spacial score (nSPS) is 9.92. The first-order chi connectivity index (χ1) is 12.2. The van der Waals surface area contributed by atoms with Crippen LogP contribution < -0.4 is 10.6 Å². The molecule has 0 saturated carbocycles. The monoisotopic (exact) mass is 348 g/mol. The molecule has 0 aliphatic rings. The number of hydrogen-bond acceptors (Lipinski definition) is 4. The van der Waals surface area contributed by atoms with Gasteiger partial charge in [-0.15, -0.1) is 0 Å². The predicted octanol–water partition coefficient (Wildman–Crippen LogP) is 4.60. The molecule has 0 aliphatic carbocycles. The van der Waals surface area contributed by atoms with Gasteiger partial charge in [-0.2, -0.15) is 5.26 Å². The van der Waals surface area contributed by atoms with Gasteiger partial charge < -0.3 is 10.6 Å². The third-order valence-corrected chi connectivity index (χ3v) is 3.68. The molecule has 1 aromatic heterocycles. The molecule has 0 saturated heterocycles. The van der Waals surface area contributed by atoms with Crippen molar-refractivity contribution in [1.29, 1.82) is 5.26 Å². The van der Waals surface area contributed by atoms with E-state index in [1.54, 1.807) is 54.7 Å². The number of carbonyl (C=O) groups excluding carboxylic acids is 1. The van der Waals surface area contributed by atoms with E-state index >= 15 is 0 Å². The molecular weight excluding hydrogens is 336 g/mol. The molecule has 25 heavy (non-hydrogen) atoms. The van der Waals surface area contributed by atoms with Crippen LogP contribution in [0.2, 0.25) is 5.02 Å². The van der Waals surface area contributed by atoms with Crippen molar-refractivity contribution in [2.75, 3.05) is 10.6 Å². The Hall–Kier alpha value is -3.36. The molecule has 2 N–H and O–H groups in total. The summed E-state index contributed by atoms with van der Waals surface area (Å²) in [5.74, 6) is -0.285. The minimum absolute atomic E-state index is 0.285. The molecule has 6 heteroatoms. The van der Waals surface area contributed by atoms with E-state index in [0.717, 1.165) is 0 Å². The summed E-state index contributed by atoms with van der Waals surface area (Å²) in [5, 5.41) is 15.6. The molecule has 0 fully saturated rings. The molecule has 1 amide bonds. The lowest BCUT2D eigenvalue weighted by molar-refractivity contribution is 0.102. The van der Waals surface area contributed by atoms with Crippen LogP contribution in [0.5, 0.6) is 0 Å². The van der Waals surface area contributed by atoms with Gasteiger partial charge in [0.15, 0.2) is 0 Å². The van der Waals surface area contributed by atoms with E-state index in [0.29, 0.717) is 33.2 Å². The molecule has 3 rings (SSSR count). The molecule has 0 spiro atoms. The van der Waals surface area contributed by atoms with E-state index in [2.05, 4.69) is 21.7 Å². The van der Waals surface area contributed by atoms with Crippen LogP contribution in [0.25, 0.3) is 0 Å². The van der Waals surface area contributed by atoms with Gasteiger partial charge in [0, 0.05) is 16.9 Å². The zero-order valence-corrected chi connectivity index (χ0v) is 13.8. The lowest BCUT2D eigenvalue weighted by atomic mass is 10.2. The Balaban J connectivity index is 1.78. The molecule has 3 aromatic rings. The highest BCUT2D eigenvalue weighted by molar-refractivity contribution is 6.30. The predicted molar refractivity (Wildman–Crippen MR) is 98.1 cm³/mol. The summed E-state index contributed by atoms with van der Waals surface area (Å²) in [6.07, 6.45) is 3.07. The smallest absolute Gasteiger partial charge is 0.257 e. The Bertz CT molecular complexity index is 948. The summed E-state index contributed by atoms with van der Waals surface area (Å²) < 4.78 is 0. The van der Waals surface area contributed by atoms with E-state index in [1.165, 1.54) is 6.20 Å². The number of aromatic nitrogens is 1. The van der Waals surface area contributed by atoms with Gasteiger partial charge in [0.1, 0.15) is 6.07 Å². The maximum Gasteiger partial charge on any atom is 0.257 e. The molecule has 1 heterocycles. The maximum atomic E-state index is 12.4. The highest BCUT2D eigenvalue weighted by Gasteiger charge is 2.09. The van der Waals surface area contributed by atoms with Gasteiger partial charge in [0.05, 0.1) is 28.7 Å². The standard InChI is InChI=1S/C19H13ClN4O/c20-15-5-7-16(8-6-15)24-19(25)14-9-17(12-22-11-14)23-18-4-2-1-3-13(18)10-21/h1-9,11-12,23H,(H,24,25). The number of pyridine rings is 1. The summed E-state index contributed by atoms with van der Waals surface area (Å²) in [7, 11) is 0. The molecule has 2 aromatic carbocycles. The van der Waals surface area contributed by atoms with Crippen LogP contribution in [0.3, 0.4) is 0 Å². The van der Waals surface area contributed by atoms with Crippen LogP contribution in [-0.2, 0) is 0 Å². The Morgan fingerprint density at radius 3 is 2.56 bits per heavy atom. The molecule has 0 unspecified atom stereocenters. The number of nitrogens with zero attached hydrogens (tertiary/aromatic N) is 2. The zero-order valence-electron chi connectivity index (χ0n) is 13.0. The summed E-state index contributed by atoms with van der Waals surface area (Å²) in [6, 6.07) is 17.8. The average molecular weight is 349 g/mol. The van der Waals surface area contributed by atoms with Crippen LogP contribution in [0.15, 0.2) is 67.0 Å². The first kappa shape index (κ1) is 16.5. The van der Waals surface area contributed by atoms with Crippen molar-refractivity contribution in [2.45, 2.75) is 0 Å². The number of para-hydroxylation sites is 1. The van der Waals surface area contributed by atoms with Crippen molar-refractivity contribution in [3.8, 4) is 6.07 Å². The molecule has 0 atom stereocenters. The lowest BCUT2D eigenvalue weighted by Gasteiger charge is -2.09. The number of nitrogens with one attached hydrogen (secondary N) is 2. The fraction of sp³-hybridized carbons (Fsp3) is 0. The second-order valence-corrected chi connectivity index (χ2v) is 5.64. The number of anilines is 3. The zero-order chi connectivity index (χ0) is 17.6. The van der Waals surface area contributed by atoms with Gasteiger partial charge in [0.2, 0.25) is 0 Å². The summed E-state index contributed by atoms with van der Waals surface area (Å²) in [6.45, 7) is 0. The van der Waals surface area contributed by atoms with E-state index in [1.807, 2.05) is 6.07 Å². The van der Waals surface area contributed by atoms with Crippen LogP contribution in [-0.4, -0.2) is 10.9 Å². The second kappa shape index (κ2) is 7.47. The van der Waals surface area contributed by atoms with Gasteiger partial charge in [-0.3, -0.25) is 9.78 Å². The molecule has 0 aliphatic heterocycles. The van der Waals surface area contributed by atoms with Crippen molar-refractivity contribution in [1.82, 2.24) is 4.98 Å². The molecule has 0 radical (unpaired) electrons. The van der Waals surface area contributed by atoms with E-state index in [4.69, 9.17) is 16.9 Å². The van der Waals surface area contributed by atoms with E-state index in [-0.39, 0.29) is 5.91 Å². The van der Waals surface area contributed by atoms with Crippen LogP contribution in [0.1, 0.15) is 15.9 Å². The fourth-order valence-electron chi connectivity index (χ4n) is 2.21. The van der Waals surface area contributed by atoms with Gasteiger partial charge in [-0.25, -0.2) is 0 Å². The number of hydrogen-bond donors (Lipinski definition) is 2. The molecule has 122 valence electrons. The van der Waals surface area contributed by atoms with Gasteiger partial charge in [0.25, 0.3) is 5.91 Å². The number of nitriles is 1. The molecule has 0 bridgehead atoms. The third-order valence-electron chi connectivity index (χ3n) is 3.43. The van der Waals surface area contributed by atoms with E-state index < -0.39 is 0 Å². The van der Waals surface area contributed by atoms with Gasteiger partial charge in [-0.1, -0.05) is 23.7 Å². The average Bonchev–Trinajstić information content (AvgIpc) is 2.64. The summed E-state index contributed by atoms with van der Waals surface area (Å²) in [5.41, 5.74) is 2.82. The topological polar surface area (TPSA) is 77.8 Å². The number of amides is 1. The van der Waals surface area contributed by atoms with Crippen molar-refractivity contribution in [2.24, 2.45) is 0 Å². The maximum absolute atomic E-state index is 12.4. The first-order valence-corrected chi connectivity index (χ1v) is 7.81. The molecule has 5 nitrogen and oxygen atoms in total. The Morgan fingerprint density at radius 2 is 1.80 bits per heavy atom. The Kier molecular flexibility index (Phi) is 4.93. The number of rotatable bonds is 4. The van der Waals surface area contributed by atoms with Crippen LogP contribution in [0, 0.1) is 11.3 Å². The fourth-order valence-corrected chi connectivity index (χ4v) is 2.34. The third kappa shape index (κ3) is 4.14. The van der Waals surface area contributed by atoms with Crippen molar-refractivity contribution >= 4 is 34.6 Å². The second-order valence-electron chi connectivity index (χ2n) is 5.21. The first-order valence-electron chi connectivity index (χ1n) is 7.44. The quantitative estimate of drug-likeness (QED) is 0.722. The van der Waals surface area contributed by atoms with Crippen molar-refractivity contribution in [3.05, 3.63) is 83.1 Å². The van der Waals surface area contributed by atoms with E-state index in [9.17, 15) is 4.79 Å². The minimum Gasteiger partial charge on any atom is -0.353 e. The Labute approximate surface area is 149 Å². The van der Waals surface area contributed by atoms with Crippen molar-refractivity contribution < 1.29 is 4.79 Å². The highest BCUT2D eigenvalue weighted by Crippen LogP contribution is 2.21. The van der Waals surface area contributed by atoms with Gasteiger partial charge in [-0.05, 0) is 42.5 Å². The summed E-state index contributed by atoms with van der Waals surface area (Å²) >= 11 is 5.83. The number of carbonyl (C=O) groups is 1.